The lowest BCUT2D eigenvalue weighted by molar-refractivity contribution is -0.139. The molecule has 4 rings (SSSR count). The third-order valence-corrected chi connectivity index (χ3v) is 6.15. The Morgan fingerprint density at radius 2 is 1.91 bits per heavy atom. The van der Waals surface area contributed by atoms with Crippen LogP contribution in [-0.2, 0) is 24.4 Å². The minimum Gasteiger partial charge on any atom is -0.445 e. The summed E-state index contributed by atoms with van der Waals surface area (Å²) >= 11 is 4.49. The van der Waals surface area contributed by atoms with Crippen molar-refractivity contribution in [3.05, 3.63) is 69.6 Å². The Hall–Kier alpha value is -2.92. The van der Waals surface area contributed by atoms with Crippen LogP contribution in [0.2, 0.25) is 0 Å². The van der Waals surface area contributed by atoms with Gasteiger partial charge in [0.05, 0.1) is 17.8 Å². The quantitative estimate of drug-likeness (QED) is 0.340. The molecule has 0 saturated carbocycles. The number of alkyl carbamates (subject to hydrolysis) is 1. The average molecular weight is 525 g/mol. The highest BCUT2D eigenvalue weighted by Gasteiger charge is 2.31. The van der Waals surface area contributed by atoms with Gasteiger partial charge in [-0.3, -0.25) is 0 Å². The maximum atomic E-state index is 13.2. The molecule has 0 aliphatic carbocycles. The van der Waals surface area contributed by atoms with E-state index < -0.39 is 18.8 Å². The number of benzene rings is 2. The molecular weight excluding hydrogens is 509 g/mol. The van der Waals surface area contributed by atoms with Crippen molar-refractivity contribution >= 4 is 44.3 Å². The molecule has 1 amide bonds. The van der Waals surface area contributed by atoms with Crippen LogP contribution in [0.25, 0.3) is 21.6 Å². The van der Waals surface area contributed by atoms with Crippen LogP contribution in [0.5, 0.6) is 0 Å². The predicted octanol–water partition coefficient (Wildman–Crippen LogP) is 5.91. The number of carbonyl (C=O) groups is 1. The number of aromatic nitrogens is 3. The first-order chi connectivity index (χ1) is 15.3. The molecule has 2 aromatic carbocycles. The molecule has 0 atom stereocenters. The van der Waals surface area contributed by atoms with Gasteiger partial charge in [-0.15, -0.1) is 10.2 Å². The van der Waals surface area contributed by atoms with Crippen molar-refractivity contribution in [2.24, 2.45) is 0 Å². The van der Waals surface area contributed by atoms with Crippen molar-refractivity contribution in [3.63, 3.8) is 0 Å². The molecule has 11 heteroatoms. The van der Waals surface area contributed by atoms with Gasteiger partial charge in [0.25, 0.3) is 0 Å². The van der Waals surface area contributed by atoms with Gasteiger partial charge in [0, 0.05) is 9.86 Å². The van der Waals surface area contributed by atoms with E-state index in [9.17, 15) is 18.0 Å². The van der Waals surface area contributed by atoms with Gasteiger partial charge >= 0.3 is 12.3 Å². The van der Waals surface area contributed by atoms with E-state index in [-0.39, 0.29) is 13.2 Å². The topological polar surface area (TPSA) is 69.0 Å². The number of hydrogen-bond donors (Lipinski definition) is 1. The Morgan fingerprint density at radius 3 is 2.66 bits per heavy atom. The monoisotopic (exact) mass is 524 g/mol. The van der Waals surface area contributed by atoms with Gasteiger partial charge in [0.1, 0.15) is 18.2 Å². The van der Waals surface area contributed by atoms with Gasteiger partial charge in [0.2, 0.25) is 0 Å². The summed E-state index contributed by atoms with van der Waals surface area (Å²) < 4.78 is 46.7. The third-order valence-electron chi connectivity index (χ3n) is 4.51. The smallest absolute Gasteiger partial charge is 0.407 e. The minimum atomic E-state index is -4.40. The van der Waals surface area contributed by atoms with Crippen LogP contribution in [-0.4, -0.2) is 27.0 Å². The summed E-state index contributed by atoms with van der Waals surface area (Å²) in [4.78, 5) is 11.9. The van der Waals surface area contributed by atoms with E-state index in [1.54, 1.807) is 24.3 Å². The van der Waals surface area contributed by atoms with Crippen LogP contribution in [0.4, 0.5) is 18.0 Å². The average Bonchev–Trinajstić information content (AvgIpc) is 3.36. The number of fused-ring (bicyclic) bond motifs is 1. The molecule has 1 N–H and O–H groups in total. The molecular formula is C21H16BrF3N4O2S. The number of hydrogen-bond acceptors (Lipinski definition) is 5. The number of amides is 1. The fourth-order valence-electron chi connectivity index (χ4n) is 3.13. The Bertz CT molecular complexity index is 1240. The molecule has 0 radical (unpaired) electrons. The molecule has 2 aromatic heterocycles. The largest absolute Gasteiger partial charge is 0.445 e. The van der Waals surface area contributed by atoms with Gasteiger partial charge < -0.3 is 14.6 Å². The fourth-order valence-corrected chi connectivity index (χ4v) is 4.40. The number of alkyl halides is 3. The summed E-state index contributed by atoms with van der Waals surface area (Å²) in [6.07, 6.45) is -5.03. The van der Waals surface area contributed by atoms with Gasteiger partial charge in [-0.2, -0.15) is 13.2 Å². The van der Waals surface area contributed by atoms with E-state index in [1.807, 2.05) is 30.3 Å². The summed E-state index contributed by atoms with van der Waals surface area (Å²) in [6.45, 7) is -0.976. The zero-order valence-electron chi connectivity index (χ0n) is 16.4. The highest BCUT2D eigenvalue weighted by molar-refractivity contribution is 9.10. The molecule has 32 heavy (non-hydrogen) atoms. The van der Waals surface area contributed by atoms with Crippen LogP contribution in [0, 0.1) is 0 Å². The van der Waals surface area contributed by atoms with Crippen LogP contribution in [0.15, 0.2) is 59.1 Å². The second kappa shape index (κ2) is 9.29. The summed E-state index contributed by atoms with van der Waals surface area (Å²) in [5.74, 6) is 0. The van der Waals surface area contributed by atoms with Crippen molar-refractivity contribution in [2.45, 2.75) is 25.9 Å². The fraction of sp³-hybridized carbons (Fsp3) is 0.190. The SMILES string of the molecule is O=C(NCc1nnc(-c2cc3c(Br)cccc3n2CC(F)(F)F)s1)OCc1ccccc1. The highest BCUT2D eigenvalue weighted by Crippen LogP contribution is 2.35. The maximum Gasteiger partial charge on any atom is 0.407 e. The molecule has 0 saturated heterocycles. The summed E-state index contributed by atoms with van der Waals surface area (Å²) in [6, 6.07) is 15.9. The lowest BCUT2D eigenvalue weighted by Crippen LogP contribution is -2.23. The number of halogens is 4. The molecule has 0 unspecified atom stereocenters. The lowest BCUT2D eigenvalue weighted by Gasteiger charge is -2.12. The number of nitrogens with zero attached hydrogens (tertiary/aromatic N) is 3. The Morgan fingerprint density at radius 1 is 1.12 bits per heavy atom. The van der Waals surface area contributed by atoms with Gasteiger partial charge in [0.15, 0.2) is 5.01 Å². The van der Waals surface area contributed by atoms with Crippen LogP contribution >= 0.6 is 27.3 Å². The number of ether oxygens (including phenoxy) is 1. The molecule has 2 heterocycles. The molecule has 0 fully saturated rings. The van der Waals surface area contributed by atoms with E-state index in [0.717, 1.165) is 16.9 Å². The number of carbonyl (C=O) groups excluding carboxylic acids is 1. The second-order valence-corrected chi connectivity index (χ2v) is 8.74. The summed E-state index contributed by atoms with van der Waals surface area (Å²) in [7, 11) is 0. The van der Waals surface area contributed by atoms with Crippen molar-refractivity contribution in [2.75, 3.05) is 0 Å². The Balaban J connectivity index is 1.49. The molecule has 166 valence electrons. The minimum absolute atomic E-state index is 0.0501. The van der Waals surface area contributed by atoms with Crippen LogP contribution in [0.3, 0.4) is 0 Å². The van der Waals surface area contributed by atoms with Gasteiger partial charge in [-0.1, -0.05) is 63.7 Å². The van der Waals surface area contributed by atoms with Crippen molar-refractivity contribution in [1.82, 2.24) is 20.1 Å². The lowest BCUT2D eigenvalue weighted by atomic mass is 10.2. The molecule has 6 nitrogen and oxygen atoms in total. The van der Waals surface area contributed by atoms with Gasteiger partial charge in [-0.25, -0.2) is 4.79 Å². The van der Waals surface area contributed by atoms with E-state index in [2.05, 4.69) is 31.4 Å². The third kappa shape index (κ3) is 5.28. The van der Waals surface area contributed by atoms with Crippen molar-refractivity contribution in [1.29, 1.82) is 0 Å². The van der Waals surface area contributed by atoms with E-state index in [4.69, 9.17) is 4.74 Å². The number of nitrogens with one attached hydrogen (secondary N) is 1. The molecule has 0 aliphatic rings. The van der Waals surface area contributed by atoms with Crippen molar-refractivity contribution < 1.29 is 22.7 Å². The summed E-state index contributed by atoms with van der Waals surface area (Å²) in [5.41, 5.74) is 1.59. The highest BCUT2D eigenvalue weighted by atomic mass is 79.9. The molecule has 0 aliphatic heterocycles. The maximum absolute atomic E-state index is 13.2. The van der Waals surface area contributed by atoms with E-state index in [1.165, 1.54) is 4.57 Å². The van der Waals surface area contributed by atoms with Crippen molar-refractivity contribution in [3.8, 4) is 10.7 Å². The zero-order chi connectivity index (χ0) is 22.7. The van der Waals surface area contributed by atoms with Crippen LogP contribution in [0.1, 0.15) is 10.6 Å². The second-order valence-electron chi connectivity index (χ2n) is 6.82. The Labute approximate surface area is 193 Å². The molecule has 0 spiro atoms. The molecule has 4 aromatic rings. The number of rotatable bonds is 6. The first kappa shape index (κ1) is 22.3. The standard InChI is InChI=1S/C21H16BrF3N4O2S/c22-15-7-4-8-16-14(15)9-17(29(16)12-21(23,24)25)19-28-27-18(32-19)10-26-20(30)31-11-13-5-2-1-3-6-13/h1-9H,10-12H2,(H,26,30). The van der Waals surface area contributed by atoms with E-state index >= 15 is 0 Å². The zero-order valence-corrected chi connectivity index (χ0v) is 18.8. The normalized spacial score (nSPS) is 11.6. The predicted molar refractivity (Wildman–Crippen MR) is 118 cm³/mol. The Kier molecular flexibility index (Phi) is 6.47. The first-order valence-corrected chi connectivity index (χ1v) is 11.0. The first-order valence-electron chi connectivity index (χ1n) is 9.42. The molecule has 0 bridgehead atoms. The summed E-state index contributed by atoms with van der Waals surface area (Å²) in [5, 5.41) is 12.0. The van der Waals surface area contributed by atoms with E-state index in [0.29, 0.717) is 31.1 Å². The van der Waals surface area contributed by atoms with Crippen LogP contribution < -0.4 is 5.32 Å². The van der Waals surface area contributed by atoms with Gasteiger partial charge in [-0.05, 0) is 23.8 Å².